The van der Waals surface area contributed by atoms with Crippen LogP contribution in [0, 0.1) is 0 Å². The van der Waals surface area contributed by atoms with Gasteiger partial charge < -0.3 is 10.1 Å². The fourth-order valence-electron chi connectivity index (χ4n) is 1.99. The van der Waals surface area contributed by atoms with Crippen LogP contribution < -0.4 is 10.1 Å². The van der Waals surface area contributed by atoms with E-state index in [1.54, 1.807) is 28.8 Å². The summed E-state index contributed by atoms with van der Waals surface area (Å²) in [5, 5.41) is 10.1. The summed E-state index contributed by atoms with van der Waals surface area (Å²) < 4.78 is 44.2. The van der Waals surface area contributed by atoms with Gasteiger partial charge in [-0.15, -0.1) is 5.10 Å². The maximum Gasteiger partial charge on any atom is 0.416 e. The van der Waals surface area contributed by atoms with E-state index >= 15 is 0 Å². The van der Waals surface area contributed by atoms with Crippen LogP contribution >= 0.6 is 0 Å². The zero-order valence-electron chi connectivity index (χ0n) is 12.1. The molecular weight excluding hydrogens is 325 g/mol. The Bertz CT molecular complexity index is 859. The Balaban J connectivity index is 1.60. The largest absolute Gasteiger partial charge is 0.453 e. The molecule has 2 aromatic heterocycles. The van der Waals surface area contributed by atoms with Crippen molar-refractivity contribution in [3.63, 3.8) is 0 Å². The minimum atomic E-state index is -4.42. The van der Waals surface area contributed by atoms with E-state index in [1.165, 1.54) is 12.1 Å². The molecule has 124 valence electrons. The lowest BCUT2D eigenvalue weighted by Gasteiger charge is -2.09. The Kier molecular flexibility index (Phi) is 4.07. The number of rotatable bonds is 4. The zero-order valence-corrected chi connectivity index (χ0v) is 12.1. The lowest BCUT2D eigenvalue weighted by Crippen LogP contribution is -2.21. The maximum absolute atomic E-state index is 12.5. The second-order valence-electron chi connectivity index (χ2n) is 4.82. The molecule has 3 aromatic rings. The molecule has 9 heteroatoms. The fourth-order valence-corrected chi connectivity index (χ4v) is 1.99. The molecule has 0 fully saturated rings. The summed E-state index contributed by atoms with van der Waals surface area (Å²) in [5.41, 5.74) is 0.0185. The molecule has 0 spiro atoms. The molecule has 0 unspecified atom stereocenters. The van der Waals surface area contributed by atoms with E-state index in [0.29, 0.717) is 5.65 Å². The summed E-state index contributed by atoms with van der Waals surface area (Å²) in [6.07, 6.45) is -2.74. The molecule has 1 aromatic carbocycles. The van der Waals surface area contributed by atoms with Gasteiger partial charge in [-0.3, -0.25) is 9.20 Å². The first-order valence-electron chi connectivity index (χ1n) is 6.83. The summed E-state index contributed by atoms with van der Waals surface area (Å²) in [4.78, 5) is 11.8. The summed E-state index contributed by atoms with van der Waals surface area (Å²) in [5.74, 6) is -0.526. The number of benzene rings is 1. The van der Waals surface area contributed by atoms with E-state index in [-0.39, 0.29) is 18.3 Å². The van der Waals surface area contributed by atoms with Crippen molar-refractivity contribution in [2.24, 2.45) is 0 Å². The first-order valence-corrected chi connectivity index (χ1v) is 6.83. The number of carbonyl (C=O) groups excluding carboxylic acids is 1. The molecule has 6 nitrogen and oxygen atoms in total. The normalized spacial score (nSPS) is 11.5. The van der Waals surface area contributed by atoms with Gasteiger partial charge in [0.25, 0.3) is 5.91 Å². The molecule has 0 aliphatic carbocycles. The van der Waals surface area contributed by atoms with Crippen LogP contribution in [-0.4, -0.2) is 27.1 Å². The fraction of sp³-hybridized carbons (Fsp3) is 0.133. The van der Waals surface area contributed by atoms with Crippen molar-refractivity contribution < 1.29 is 22.7 Å². The van der Waals surface area contributed by atoms with Crippen molar-refractivity contribution in [2.45, 2.75) is 6.18 Å². The third-order valence-electron chi connectivity index (χ3n) is 3.11. The van der Waals surface area contributed by atoms with Crippen LogP contribution in [-0.2, 0) is 11.0 Å². The molecule has 0 saturated heterocycles. The van der Waals surface area contributed by atoms with Gasteiger partial charge in [0.05, 0.1) is 5.56 Å². The third-order valence-corrected chi connectivity index (χ3v) is 3.11. The zero-order chi connectivity index (χ0) is 17.2. The van der Waals surface area contributed by atoms with Gasteiger partial charge in [-0.1, -0.05) is 11.2 Å². The molecule has 3 rings (SSSR count). The van der Waals surface area contributed by atoms with Crippen molar-refractivity contribution >= 4 is 17.2 Å². The van der Waals surface area contributed by atoms with Gasteiger partial charge in [-0.2, -0.15) is 13.2 Å². The summed E-state index contributed by atoms with van der Waals surface area (Å²) in [6.45, 7) is -0.350. The van der Waals surface area contributed by atoms with Gasteiger partial charge in [-0.05, 0) is 36.4 Å². The molecule has 2 heterocycles. The van der Waals surface area contributed by atoms with E-state index in [2.05, 4.69) is 15.5 Å². The number of amides is 1. The number of carbonyl (C=O) groups is 1. The van der Waals surface area contributed by atoms with Gasteiger partial charge in [0.15, 0.2) is 12.3 Å². The van der Waals surface area contributed by atoms with E-state index in [9.17, 15) is 18.0 Å². The van der Waals surface area contributed by atoms with Crippen molar-refractivity contribution in [1.29, 1.82) is 0 Å². The molecule has 0 atom stereocenters. The second kappa shape index (κ2) is 6.19. The van der Waals surface area contributed by atoms with Crippen LogP contribution in [0.5, 0.6) is 6.01 Å². The first-order chi connectivity index (χ1) is 11.4. The van der Waals surface area contributed by atoms with E-state index in [1.807, 2.05) is 0 Å². The number of hydrogen-bond donors (Lipinski definition) is 1. The van der Waals surface area contributed by atoms with Crippen LogP contribution in [0.25, 0.3) is 5.65 Å². The highest BCUT2D eigenvalue weighted by molar-refractivity contribution is 5.91. The lowest BCUT2D eigenvalue weighted by atomic mass is 10.2. The Hall–Kier alpha value is -3.10. The van der Waals surface area contributed by atoms with Crippen LogP contribution in [0.15, 0.2) is 48.7 Å². The quantitative estimate of drug-likeness (QED) is 0.795. The molecule has 0 bridgehead atoms. The Morgan fingerprint density at radius 1 is 1.12 bits per heavy atom. The van der Waals surface area contributed by atoms with E-state index < -0.39 is 17.6 Å². The van der Waals surface area contributed by atoms with Crippen LogP contribution in [0.1, 0.15) is 5.56 Å². The Morgan fingerprint density at radius 2 is 1.88 bits per heavy atom. The highest BCUT2D eigenvalue weighted by atomic mass is 19.4. The Morgan fingerprint density at radius 3 is 2.58 bits per heavy atom. The van der Waals surface area contributed by atoms with Crippen molar-refractivity contribution in [2.75, 3.05) is 11.9 Å². The number of hydrogen-bond acceptors (Lipinski definition) is 4. The average molecular weight is 336 g/mol. The van der Waals surface area contributed by atoms with E-state index in [0.717, 1.165) is 12.1 Å². The maximum atomic E-state index is 12.5. The number of pyridine rings is 1. The highest BCUT2D eigenvalue weighted by Crippen LogP contribution is 2.29. The number of aromatic nitrogens is 3. The molecule has 1 amide bonds. The number of ether oxygens (including phenoxy) is 1. The average Bonchev–Trinajstić information content (AvgIpc) is 2.96. The smallest absolute Gasteiger partial charge is 0.416 e. The molecule has 0 aliphatic heterocycles. The van der Waals surface area contributed by atoms with E-state index in [4.69, 9.17) is 4.74 Å². The van der Waals surface area contributed by atoms with Crippen molar-refractivity contribution in [3.8, 4) is 6.01 Å². The van der Waals surface area contributed by atoms with Crippen molar-refractivity contribution in [3.05, 3.63) is 54.2 Å². The number of fused-ring (bicyclic) bond motifs is 1. The van der Waals surface area contributed by atoms with Crippen LogP contribution in [0.2, 0.25) is 0 Å². The number of nitrogens with zero attached hydrogens (tertiary/aromatic N) is 3. The van der Waals surface area contributed by atoms with Gasteiger partial charge in [0.1, 0.15) is 0 Å². The molecular formula is C15H11F3N4O2. The van der Waals surface area contributed by atoms with Gasteiger partial charge >= 0.3 is 12.2 Å². The lowest BCUT2D eigenvalue weighted by molar-refractivity contribution is -0.137. The van der Waals surface area contributed by atoms with Crippen LogP contribution in [0.3, 0.4) is 0 Å². The number of nitrogens with one attached hydrogen (secondary N) is 1. The minimum absolute atomic E-state index is 0.146. The minimum Gasteiger partial charge on any atom is -0.453 e. The molecule has 0 radical (unpaired) electrons. The molecule has 0 aliphatic rings. The first kappa shape index (κ1) is 15.8. The highest BCUT2D eigenvalue weighted by Gasteiger charge is 2.29. The Labute approximate surface area is 133 Å². The molecule has 24 heavy (non-hydrogen) atoms. The number of anilines is 1. The number of alkyl halides is 3. The topological polar surface area (TPSA) is 68.5 Å². The van der Waals surface area contributed by atoms with Crippen LogP contribution in [0.4, 0.5) is 18.9 Å². The number of halogens is 3. The second-order valence-corrected chi connectivity index (χ2v) is 4.82. The third kappa shape index (κ3) is 3.45. The predicted molar refractivity (Wildman–Crippen MR) is 78.6 cm³/mol. The molecule has 1 N–H and O–H groups in total. The van der Waals surface area contributed by atoms with Crippen molar-refractivity contribution in [1.82, 2.24) is 14.6 Å². The summed E-state index contributed by atoms with van der Waals surface area (Å²) in [7, 11) is 0. The standard InChI is InChI=1S/C15H11F3N4O2/c16-15(17,18)10-4-6-11(7-5-10)19-13(23)9-24-14-21-20-12-3-1-2-8-22(12)14/h1-8H,9H2,(H,19,23). The summed E-state index contributed by atoms with van der Waals surface area (Å²) >= 11 is 0. The predicted octanol–water partition coefficient (Wildman–Crippen LogP) is 2.77. The van der Waals surface area contributed by atoms with Gasteiger partial charge in [0, 0.05) is 11.9 Å². The van der Waals surface area contributed by atoms with Gasteiger partial charge in [-0.25, -0.2) is 0 Å². The molecule has 0 saturated carbocycles. The van der Waals surface area contributed by atoms with Gasteiger partial charge in [0.2, 0.25) is 0 Å². The summed E-state index contributed by atoms with van der Waals surface area (Å²) in [6, 6.07) is 9.54. The monoisotopic (exact) mass is 336 g/mol. The SMILES string of the molecule is O=C(COc1nnc2ccccn12)Nc1ccc(C(F)(F)F)cc1.